The van der Waals surface area contributed by atoms with Crippen LogP contribution >= 0.6 is 0 Å². The van der Waals surface area contributed by atoms with Crippen molar-refractivity contribution in [2.45, 2.75) is 18.5 Å². The van der Waals surface area contributed by atoms with Gasteiger partial charge in [0.05, 0.1) is 11.3 Å². The summed E-state index contributed by atoms with van der Waals surface area (Å²) in [6.45, 7) is 0.731. The fourth-order valence-corrected chi connectivity index (χ4v) is 5.11. The molecule has 33 heavy (non-hydrogen) atoms. The van der Waals surface area contributed by atoms with E-state index in [1.165, 1.54) is 17.2 Å². The van der Waals surface area contributed by atoms with Crippen LogP contribution in [-0.2, 0) is 17.4 Å². The number of alkyl halides is 3. The summed E-state index contributed by atoms with van der Waals surface area (Å²) in [7, 11) is 1.86. The molecule has 0 spiro atoms. The van der Waals surface area contributed by atoms with E-state index >= 15 is 0 Å². The molecule has 5 rings (SSSR count). The van der Waals surface area contributed by atoms with Crippen LogP contribution in [0.5, 0.6) is 0 Å². The standard InChI is InChI=1S/C27H23F3N2O/c1-32-16-25-23(22-8-3-2-5-18(22)14-24(25)26(32)33)12-11-21-10-9-19(15-31-21)17-6-4-7-20(13-17)27(28,29)30/h2-13,15,23-25H,14,16H2,1H3. The molecule has 1 fully saturated rings. The van der Waals surface area contributed by atoms with Gasteiger partial charge in [0.25, 0.3) is 0 Å². The van der Waals surface area contributed by atoms with E-state index in [0.29, 0.717) is 11.1 Å². The SMILES string of the molecule is CN1CC2C(Cc3ccccc3C2C=Cc2ccc(-c3cccc(C(F)(F)F)c3)cn2)C1=O. The predicted molar refractivity (Wildman–Crippen MR) is 121 cm³/mol. The smallest absolute Gasteiger partial charge is 0.345 e. The van der Waals surface area contributed by atoms with Crippen LogP contribution in [0.25, 0.3) is 17.2 Å². The molecule has 2 aliphatic rings. The minimum absolute atomic E-state index is 0.00389. The first-order valence-corrected chi connectivity index (χ1v) is 11.0. The zero-order valence-corrected chi connectivity index (χ0v) is 18.1. The van der Waals surface area contributed by atoms with Gasteiger partial charge in [0.1, 0.15) is 0 Å². The maximum atomic E-state index is 13.0. The van der Waals surface area contributed by atoms with Gasteiger partial charge in [-0.05, 0) is 53.3 Å². The molecule has 2 aromatic carbocycles. The summed E-state index contributed by atoms with van der Waals surface area (Å²) in [5, 5.41) is 0. The van der Waals surface area contributed by atoms with Crippen molar-refractivity contribution in [3.05, 3.63) is 95.3 Å². The van der Waals surface area contributed by atoms with Crippen LogP contribution in [0.3, 0.4) is 0 Å². The Kier molecular flexibility index (Phi) is 5.31. The first-order chi connectivity index (χ1) is 15.8. The average molecular weight is 448 g/mol. The lowest BCUT2D eigenvalue weighted by Gasteiger charge is -2.32. The van der Waals surface area contributed by atoms with Crippen molar-refractivity contribution in [1.82, 2.24) is 9.88 Å². The Bertz CT molecular complexity index is 1220. The fourth-order valence-electron chi connectivity index (χ4n) is 5.11. The van der Waals surface area contributed by atoms with Gasteiger partial charge in [-0.25, -0.2) is 0 Å². The number of hydrogen-bond acceptors (Lipinski definition) is 2. The largest absolute Gasteiger partial charge is 0.416 e. The van der Waals surface area contributed by atoms with E-state index in [4.69, 9.17) is 0 Å². The lowest BCUT2D eigenvalue weighted by Crippen LogP contribution is -2.29. The normalized spacial score (nSPS) is 22.5. The van der Waals surface area contributed by atoms with Gasteiger partial charge in [0.15, 0.2) is 0 Å². The molecule has 1 aliphatic heterocycles. The van der Waals surface area contributed by atoms with Crippen LogP contribution in [0, 0.1) is 11.8 Å². The summed E-state index contributed by atoms with van der Waals surface area (Å²) >= 11 is 0. The summed E-state index contributed by atoms with van der Waals surface area (Å²) in [5.41, 5.74) is 3.62. The lowest BCUT2D eigenvalue weighted by molar-refractivity contribution is -0.137. The fraction of sp³-hybridized carbons (Fsp3) is 0.259. The molecule has 1 amide bonds. The zero-order valence-electron chi connectivity index (χ0n) is 18.1. The van der Waals surface area contributed by atoms with Gasteiger partial charge in [-0.1, -0.05) is 48.5 Å². The molecule has 0 radical (unpaired) electrons. The number of nitrogens with zero attached hydrogens (tertiary/aromatic N) is 2. The van der Waals surface area contributed by atoms with Crippen molar-refractivity contribution in [1.29, 1.82) is 0 Å². The van der Waals surface area contributed by atoms with Crippen molar-refractivity contribution in [3.63, 3.8) is 0 Å². The summed E-state index contributed by atoms with van der Waals surface area (Å²) < 4.78 is 39.1. The quantitative estimate of drug-likeness (QED) is 0.506. The minimum atomic E-state index is -4.38. The second kappa shape index (κ2) is 8.18. The van der Waals surface area contributed by atoms with Crippen molar-refractivity contribution in [2.24, 2.45) is 11.8 Å². The molecule has 3 nitrogen and oxygen atoms in total. The van der Waals surface area contributed by atoms with Gasteiger partial charge in [-0.3, -0.25) is 9.78 Å². The highest BCUT2D eigenvalue weighted by Crippen LogP contribution is 2.45. The lowest BCUT2D eigenvalue weighted by atomic mass is 9.70. The molecule has 1 aliphatic carbocycles. The number of halogens is 3. The summed E-state index contributed by atoms with van der Waals surface area (Å²) in [5.74, 6) is 0.532. The molecule has 1 saturated heterocycles. The third kappa shape index (κ3) is 4.06. The highest BCUT2D eigenvalue weighted by Gasteiger charge is 2.45. The number of aromatic nitrogens is 1. The number of pyridine rings is 1. The van der Waals surface area contributed by atoms with E-state index in [1.807, 2.05) is 36.2 Å². The van der Waals surface area contributed by atoms with Crippen LogP contribution in [0.1, 0.15) is 28.3 Å². The molecule has 0 N–H and O–H groups in total. The molecule has 0 bridgehead atoms. The number of allylic oxidation sites excluding steroid dienone is 1. The number of likely N-dealkylation sites (tertiary alicyclic amines) is 1. The summed E-state index contributed by atoms with van der Waals surface area (Å²) in [6, 6.07) is 17.1. The molecule has 3 aromatic rings. The molecule has 2 heterocycles. The van der Waals surface area contributed by atoms with Crippen molar-refractivity contribution >= 4 is 12.0 Å². The van der Waals surface area contributed by atoms with Gasteiger partial charge >= 0.3 is 6.18 Å². The minimum Gasteiger partial charge on any atom is -0.345 e. The average Bonchev–Trinajstić information content (AvgIpc) is 3.10. The second-order valence-electron chi connectivity index (χ2n) is 8.83. The van der Waals surface area contributed by atoms with Gasteiger partial charge in [0, 0.05) is 37.2 Å². The Hall–Kier alpha value is -3.41. The van der Waals surface area contributed by atoms with Crippen LogP contribution in [0.15, 0.2) is 72.9 Å². The van der Waals surface area contributed by atoms with Crippen molar-refractivity contribution in [2.75, 3.05) is 13.6 Å². The van der Waals surface area contributed by atoms with E-state index in [2.05, 4.69) is 23.2 Å². The second-order valence-corrected chi connectivity index (χ2v) is 8.83. The number of amides is 1. The number of fused-ring (bicyclic) bond motifs is 2. The van der Waals surface area contributed by atoms with E-state index in [-0.39, 0.29) is 23.7 Å². The van der Waals surface area contributed by atoms with Crippen LogP contribution in [0.4, 0.5) is 13.2 Å². The van der Waals surface area contributed by atoms with E-state index in [9.17, 15) is 18.0 Å². The highest BCUT2D eigenvalue weighted by molar-refractivity contribution is 5.82. The third-order valence-electron chi connectivity index (χ3n) is 6.79. The monoisotopic (exact) mass is 448 g/mol. The predicted octanol–water partition coefficient (Wildman–Crippen LogP) is 5.82. The third-order valence-corrected chi connectivity index (χ3v) is 6.79. The number of rotatable bonds is 3. The van der Waals surface area contributed by atoms with Gasteiger partial charge in [0.2, 0.25) is 5.91 Å². The van der Waals surface area contributed by atoms with Gasteiger partial charge in [-0.2, -0.15) is 13.2 Å². The maximum Gasteiger partial charge on any atom is 0.416 e. The van der Waals surface area contributed by atoms with Crippen molar-refractivity contribution < 1.29 is 18.0 Å². The topological polar surface area (TPSA) is 33.2 Å². The molecule has 3 atom stereocenters. The zero-order chi connectivity index (χ0) is 23.2. The molecule has 3 unspecified atom stereocenters. The van der Waals surface area contributed by atoms with E-state index in [1.54, 1.807) is 18.3 Å². The first kappa shape index (κ1) is 21.4. The summed E-state index contributed by atoms with van der Waals surface area (Å²) in [4.78, 5) is 18.9. The Morgan fingerprint density at radius 2 is 1.85 bits per heavy atom. The molecule has 168 valence electrons. The molecular weight excluding hydrogens is 425 g/mol. The Labute approximate surface area is 190 Å². The maximum absolute atomic E-state index is 13.0. The first-order valence-electron chi connectivity index (χ1n) is 11.0. The van der Waals surface area contributed by atoms with Crippen LogP contribution < -0.4 is 0 Å². The number of carbonyl (C=O) groups excluding carboxylic acids is 1. The Balaban J connectivity index is 1.41. The van der Waals surface area contributed by atoms with Crippen LogP contribution in [-0.4, -0.2) is 29.4 Å². The van der Waals surface area contributed by atoms with Crippen molar-refractivity contribution in [3.8, 4) is 11.1 Å². The molecular formula is C27H23F3N2O. The molecule has 1 aromatic heterocycles. The molecule has 6 heteroatoms. The number of carbonyl (C=O) groups is 1. The van der Waals surface area contributed by atoms with Crippen LogP contribution in [0.2, 0.25) is 0 Å². The number of benzene rings is 2. The van der Waals surface area contributed by atoms with Gasteiger partial charge in [-0.15, -0.1) is 0 Å². The Morgan fingerprint density at radius 1 is 1.03 bits per heavy atom. The summed E-state index contributed by atoms with van der Waals surface area (Å²) in [6.07, 6.45) is 2.06. The highest BCUT2D eigenvalue weighted by atomic mass is 19.4. The van der Waals surface area contributed by atoms with E-state index in [0.717, 1.165) is 30.8 Å². The molecule has 0 saturated carbocycles. The Morgan fingerprint density at radius 3 is 2.61 bits per heavy atom. The number of hydrogen-bond donors (Lipinski definition) is 0. The van der Waals surface area contributed by atoms with Gasteiger partial charge < -0.3 is 4.90 Å². The van der Waals surface area contributed by atoms with E-state index < -0.39 is 11.7 Å².